The van der Waals surface area contributed by atoms with Crippen LogP contribution >= 0.6 is 0 Å². The zero-order chi connectivity index (χ0) is 8.81. The first kappa shape index (κ1) is 8.81. The van der Waals surface area contributed by atoms with Gasteiger partial charge in [0.25, 0.3) is 0 Å². The lowest BCUT2D eigenvalue weighted by Gasteiger charge is -1.93. The molecule has 0 saturated carbocycles. The molecule has 0 bridgehead atoms. The van der Waals surface area contributed by atoms with Crippen molar-refractivity contribution in [1.82, 2.24) is 0 Å². The molecule has 1 aromatic rings. The molecule has 1 heterocycles. The Morgan fingerprint density at radius 2 is 1.92 bits per heavy atom. The highest BCUT2D eigenvalue weighted by Gasteiger charge is 1.94. The second-order valence-corrected chi connectivity index (χ2v) is 2.38. The average molecular weight is 164 g/mol. The normalized spacial score (nSPS) is 12.7. The van der Waals surface area contributed by atoms with Crippen molar-refractivity contribution in [1.29, 1.82) is 0 Å². The largest absolute Gasteiger partial charge is 0.507 e. The van der Waals surface area contributed by atoms with Gasteiger partial charge in [0.15, 0.2) is 0 Å². The van der Waals surface area contributed by atoms with Gasteiger partial charge in [-0.2, -0.15) is 0 Å². The molecule has 0 radical (unpaired) electrons. The number of aromatic hydroxyl groups is 1. The Bertz CT molecular complexity index is 251. The molecule has 2 rings (SSSR count). The first-order chi connectivity index (χ1) is 5.84. The summed E-state index contributed by atoms with van der Waals surface area (Å²) in [6, 6.07) is 7.08. The first-order valence-corrected chi connectivity index (χ1v) is 3.83. The second-order valence-electron chi connectivity index (χ2n) is 2.38. The summed E-state index contributed by atoms with van der Waals surface area (Å²) in [5.41, 5.74) is 0.775. The molecule has 0 aliphatic carbocycles. The fourth-order valence-electron chi connectivity index (χ4n) is 0.660. The van der Waals surface area contributed by atoms with Gasteiger partial charge < -0.3 is 9.84 Å². The predicted octanol–water partition coefficient (Wildman–Crippen LogP) is 2.05. The Morgan fingerprint density at radius 3 is 2.25 bits per heavy atom. The second kappa shape index (κ2) is 4.57. The molecule has 12 heavy (non-hydrogen) atoms. The van der Waals surface area contributed by atoms with Crippen LogP contribution in [0.3, 0.4) is 0 Å². The van der Waals surface area contributed by atoms with Crippen LogP contribution in [0.15, 0.2) is 30.8 Å². The van der Waals surface area contributed by atoms with Crippen LogP contribution in [0.1, 0.15) is 5.56 Å². The SMILES string of the molecule is C1CO1.C=Cc1ccccc1O. The summed E-state index contributed by atoms with van der Waals surface area (Å²) < 4.78 is 4.50. The number of rotatable bonds is 1. The highest BCUT2D eigenvalue weighted by atomic mass is 16.6. The lowest BCUT2D eigenvalue weighted by Crippen LogP contribution is -1.69. The molecule has 0 aromatic heterocycles. The number of para-hydroxylation sites is 1. The van der Waals surface area contributed by atoms with Crippen molar-refractivity contribution in [3.8, 4) is 5.75 Å². The molecular weight excluding hydrogens is 152 g/mol. The summed E-state index contributed by atoms with van der Waals surface area (Å²) >= 11 is 0. The third-order valence-electron chi connectivity index (χ3n) is 1.36. The van der Waals surface area contributed by atoms with Crippen molar-refractivity contribution in [2.75, 3.05) is 13.2 Å². The van der Waals surface area contributed by atoms with E-state index in [1.807, 2.05) is 12.1 Å². The maximum absolute atomic E-state index is 9.04. The molecule has 64 valence electrons. The molecule has 0 spiro atoms. The van der Waals surface area contributed by atoms with Crippen molar-refractivity contribution >= 4 is 6.08 Å². The average Bonchev–Trinajstić information content (AvgIpc) is 2.91. The molecular formula is C10H12O2. The Labute approximate surface area is 72.1 Å². The van der Waals surface area contributed by atoms with E-state index in [4.69, 9.17) is 5.11 Å². The minimum atomic E-state index is 0.285. The van der Waals surface area contributed by atoms with E-state index in [1.165, 1.54) is 0 Å². The van der Waals surface area contributed by atoms with Gasteiger partial charge in [-0.25, -0.2) is 0 Å². The van der Waals surface area contributed by atoms with Gasteiger partial charge in [0.05, 0.1) is 13.2 Å². The lowest BCUT2D eigenvalue weighted by atomic mass is 10.2. The van der Waals surface area contributed by atoms with E-state index in [1.54, 1.807) is 18.2 Å². The zero-order valence-corrected chi connectivity index (χ0v) is 6.86. The van der Waals surface area contributed by atoms with Crippen molar-refractivity contribution < 1.29 is 9.84 Å². The van der Waals surface area contributed by atoms with E-state index in [0.29, 0.717) is 0 Å². The smallest absolute Gasteiger partial charge is 0.122 e. The quantitative estimate of drug-likeness (QED) is 0.644. The molecule has 0 unspecified atom stereocenters. The van der Waals surface area contributed by atoms with Crippen LogP contribution in [0.25, 0.3) is 6.08 Å². The van der Waals surface area contributed by atoms with E-state index in [0.717, 1.165) is 18.8 Å². The van der Waals surface area contributed by atoms with Gasteiger partial charge in [-0.1, -0.05) is 30.9 Å². The Balaban J connectivity index is 0.000000200. The van der Waals surface area contributed by atoms with Gasteiger partial charge in [-0.15, -0.1) is 0 Å². The number of epoxide rings is 1. The predicted molar refractivity (Wildman–Crippen MR) is 49.0 cm³/mol. The number of ether oxygens (including phenoxy) is 1. The fourth-order valence-corrected chi connectivity index (χ4v) is 0.660. The van der Waals surface area contributed by atoms with Crippen molar-refractivity contribution in [3.63, 3.8) is 0 Å². The summed E-state index contributed by atoms with van der Waals surface area (Å²) in [5, 5.41) is 9.04. The van der Waals surface area contributed by atoms with Crippen molar-refractivity contribution in [2.45, 2.75) is 0 Å². The Kier molecular flexibility index (Phi) is 3.35. The fraction of sp³-hybridized carbons (Fsp3) is 0.200. The van der Waals surface area contributed by atoms with Gasteiger partial charge in [-0.3, -0.25) is 0 Å². The Hall–Kier alpha value is -1.28. The number of phenolic OH excluding ortho intramolecular Hbond substituents is 1. The molecule has 0 atom stereocenters. The highest BCUT2D eigenvalue weighted by Crippen LogP contribution is 2.15. The minimum Gasteiger partial charge on any atom is -0.507 e. The van der Waals surface area contributed by atoms with Gasteiger partial charge in [0, 0.05) is 5.56 Å². The topological polar surface area (TPSA) is 32.8 Å². The molecule has 1 saturated heterocycles. The van der Waals surface area contributed by atoms with Crippen LogP contribution in [-0.2, 0) is 4.74 Å². The first-order valence-electron chi connectivity index (χ1n) is 3.83. The molecule has 0 amide bonds. The molecule has 1 N–H and O–H groups in total. The Morgan fingerprint density at radius 1 is 1.33 bits per heavy atom. The number of hydrogen-bond donors (Lipinski definition) is 1. The maximum Gasteiger partial charge on any atom is 0.122 e. The van der Waals surface area contributed by atoms with Gasteiger partial charge in [0.1, 0.15) is 5.75 Å². The summed E-state index contributed by atoms with van der Waals surface area (Å²) in [6.07, 6.45) is 1.62. The van der Waals surface area contributed by atoms with Crippen LogP contribution in [0, 0.1) is 0 Å². The summed E-state index contributed by atoms with van der Waals surface area (Å²) in [4.78, 5) is 0. The summed E-state index contributed by atoms with van der Waals surface area (Å²) in [5.74, 6) is 0.285. The van der Waals surface area contributed by atoms with Gasteiger partial charge >= 0.3 is 0 Å². The minimum absolute atomic E-state index is 0.285. The van der Waals surface area contributed by atoms with Crippen molar-refractivity contribution in [3.05, 3.63) is 36.4 Å². The number of phenols is 1. The highest BCUT2D eigenvalue weighted by molar-refractivity contribution is 5.54. The van der Waals surface area contributed by atoms with Crippen LogP contribution in [0.4, 0.5) is 0 Å². The molecule has 1 fully saturated rings. The van der Waals surface area contributed by atoms with E-state index in [9.17, 15) is 0 Å². The van der Waals surface area contributed by atoms with Crippen LogP contribution < -0.4 is 0 Å². The van der Waals surface area contributed by atoms with E-state index < -0.39 is 0 Å². The number of hydrogen-bond acceptors (Lipinski definition) is 2. The standard InChI is InChI=1S/C8H8O.C2H4O/c1-2-7-5-3-4-6-8(7)9;1-2-3-1/h2-6,9H,1H2;1-2H2. The van der Waals surface area contributed by atoms with Crippen LogP contribution in [0.5, 0.6) is 5.75 Å². The van der Waals surface area contributed by atoms with Gasteiger partial charge in [-0.05, 0) is 6.07 Å². The third-order valence-corrected chi connectivity index (χ3v) is 1.36. The van der Waals surface area contributed by atoms with E-state index in [2.05, 4.69) is 11.3 Å². The lowest BCUT2D eigenvalue weighted by molar-refractivity contribution is 0.474. The van der Waals surface area contributed by atoms with Crippen LogP contribution in [0.2, 0.25) is 0 Å². The van der Waals surface area contributed by atoms with Crippen molar-refractivity contribution in [2.24, 2.45) is 0 Å². The third kappa shape index (κ3) is 3.21. The maximum atomic E-state index is 9.04. The van der Waals surface area contributed by atoms with E-state index >= 15 is 0 Å². The molecule has 2 nitrogen and oxygen atoms in total. The summed E-state index contributed by atoms with van der Waals surface area (Å²) in [7, 11) is 0. The monoisotopic (exact) mass is 164 g/mol. The van der Waals surface area contributed by atoms with Crippen LogP contribution in [-0.4, -0.2) is 18.3 Å². The summed E-state index contributed by atoms with van der Waals surface area (Å²) in [6.45, 7) is 5.53. The molecule has 2 heteroatoms. The zero-order valence-electron chi connectivity index (χ0n) is 6.86. The molecule has 1 aliphatic rings. The van der Waals surface area contributed by atoms with E-state index in [-0.39, 0.29) is 5.75 Å². The van der Waals surface area contributed by atoms with Gasteiger partial charge in [0.2, 0.25) is 0 Å². The molecule has 1 aliphatic heterocycles. The number of benzene rings is 1. The molecule has 1 aromatic carbocycles.